The van der Waals surface area contributed by atoms with Gasteiger partial charge in [0.15, 0.2) is 0 Å². The SMILES string of the molecule is CCCNC(C)c1cc(Br)ccc1N(CC)CCC. The maximum absolute atomic E-state index is 3.60. The van der Waals surface area contributed by atoms with Gasteiger partial charge in [-0.05, 0) is 57.0 Å². The van der Waals surface area contributed by atoms with E-state index in [1.807, 2.05) is 0 Å². The van der Waals surface area contributed by atoms with E-state index in [-0.39, 0.29) is 0 Å². The third-order valence-corrected chi connectivity index (χ3v) is 3.87. The second-order valence-corrected chi connectivity index (χ2v) is 5.87. The minimum Gasteiger partial charge on any atom is -0.372 e. The molecule has 0 saturated heterocycles. The molecule has 0 fully saturated rings. The van der Waals surface area contributed by atoms with Crippen LogP contribution in [0.4, 0.5) is 5.69 Å². The van der Waals surface area contributed by atoms with E-state index in [0.29, 0.717) is 6.04 Å². The van der Waals surface area contributed by atoms with Gasteiger partial charge in [-0.25, -0.2) is 0 Å². The lowest BCUT2D eigenvalue weighted by Crippen LogP contribution is -2.27. The van der Waals surface area contributed by atoms with Crippen LogP contribution in [-0.4, -0.2) is 19.6 Å². The molecule has 1 aromatic carbocycles. The molecule has 2 nitrogen and oxygen atoms in total. The molecule has 0 radical (unpaired) electrons. The van der Waals surface area contributed by atoms with Crippen LogP contribution in [0.2, 0.25) is 0 Å². The highest BCUT2D eigenvalue weighted by Gasteiger charge is 2.14. The highest BCUT2D eigenvalue weighted by atomic mass is 79.9. The normalized spacial score (nSPS) is 12.5. The standard InChI is InChI=1S/C16H27BrN2/c1-5-10-18-13(4)15-12-14(17)8-9-16(15)19(7-3)11-6-2/h8-9,12-13,18H,5-7,10-11H2,1-4H3. The summed E-state index contributed by atoms with van der Waals surface area (Å²) in [5.41, 5.74) is 2.75. The summed E-state index contributed by atoms with van der Waals surface area (Å²) in [6, 6.07) is 7.02. The Kier molecular flexibility index (Phi) is 7.47. The van der Waals surface area contributed by atoms with Crippen molar-refractivity contribution >= 4 is 21.6 Å². The molecule has 108 valence electrons. The lowest BCUT2D eigenvalue weighted by molar-refractivity contribution is 0.568. The molecule has 0 aliphatic rings. The average molecular weight is 327 g/mol. The zero-order valence-electron chi connectivity index (χ0n) is 12.7. The van der Waals surface area contributed by atoms with Crippen LogP contribution in [0.3, 0.4) is 0 Å². The minimum absolute atomic E-state index is 0.387. The first-order chi connectivity index (χ1) is 9.13. The number of hydrogen-bond donors (Lipinski definition) is 1. The summed E-state index contributed by atoms with van der Waals surface area (Å²) in [6.45, 7) is 12.2. The average Bonchev–Trinajstić information content (AvgIpc) is 2.42. The second-order valence-electron chi connectivity index (χ2n) is 4.96. The summed E-state index contributed by atoms with van der Waals surface area (Å²) < 4.78 is 1.16. The molecule has 1 rings (SSSR count). The third kappa shape index (κ3) is 4.81. The van der Waals surface area contributed by atoms with Gasteiger partial charge in [0, 0.05) is 29.3 Å². The van der Waals surface area contributed by atoms with Crippen molar-refractivity contribution in [1.29, 1.82) is 0 Å². The van der Waals surface area contributed by atoms with Crippen molar-refractivity contribution in [3.8, 4) is 0 Å². The van der Waals surface area contributed by atoms with Crippen molar-refractivity contribution in [2.75, 3.05) is 24.5 Å². The van der Waals surface area contributed by atoms with Crippen molar-refractivity contribution in [2.24, 2.45) is 0 Å². The lowest BCUT2D eigenvalue weighted by atomic mass is 10.0. The maximum atomic E-state index is 3.60. The number of rotatable bonds is 8. The van der Waals surface area contributed by atoms with Gasteiger partial charge in [0.25, 0.3) is 0 Å². The molecule has 0 bridgehead atoms. The van der Waals surface area contributed by atoms with Gasteiger partial charge in [-0.3, -0.25) is 0 Å². The first kappa shape index (κ1) is 16.5. The molecule has 0 saturated carbocycles. The van der Waals surface area contributed by atoms with Gasteiger partial charge >= 0.3 is 0 Å². The predicted octanol–water partition coefficient (Wildman–Crippen LogP) is 4.75. The van der Waals surface area contributed by atoms with Gasteiger partial charge in [-0.1, -0.05) is 29.8 Å². The Hall–Kier alpha value is -0.540. The predicted molar refractivity (Wildman–Crippen MR) is 89.0 cm³/mol. The fourth-order valence-electron chi connectivity index (χ4n) is 2.35. The van der Waals surface area contributed by atoms with Gasteiger partial charge in [0.05, 0.1) is 0 Å². The Morgan fingerprint density at radius 3 is 2.53 bits per heavy atom. The first-order valence-corrected chi connectivity index (χ1v) is 8.21. The quantitative estimate of drug-likeness (QED) is 0.741. The second kappa shape index (κ2) is 8.60. The van der Waals surface area contributed by atoms with Crippen LogP contribution < -0.4 is 10.2 Å². The zero-order valence-corrected chi connectivity index (χ0v) is 14.3. The topological polar surface area (TPSA) is 15.3 Å². The number of benzene rings is 1. The van der Waals surface area contributed by atoms with Crippen molar-refractivity contribution in [3.63, 3.8) is 0 Å². The van der Waals surface area contributed by atoms with Crippen LogP contribution in [0.25, 0.3) is 0 Å². The smallest absolute Gasteiger partial charge is 0.0415 e. The van der Waals surface area contributed by atoms with E-state index in [0.717, 1.165) is 24.1 Å². The van der Waals surface area contributed by atoms with Crippen LogP contribution in [0.15, 0.2) is 22.7 Å². The number of nitrogens with one attached hydrogen (secondary N) is 1. The van der Waals surface area contributed by atoms with Gasteiger partial charge < -0.3 is 10.2 Å². The molecule has 0 aliphatic heterocycles. The Labute approximate surface area is 126 Å². The van der Waals surface area contributed by atoms with E-state index in [4.69, 9.17) is 0 Å². The molecule has 0 aliphatic carbocycles. The fraction of sp³-hybridized carbons (Fsp3) is 0.625. The van der Waals surface area contributed by atoms with Gasteiger partial charge in [0.1, 0.15) is 0 Å². The minimum atomic E-state index is 0.387. The molecule has 0 amide bonds. The zero-order chi connectivity index (χ0) is 14.3. The van der Waals surface area contributed by atoms with Gasteiger partial charge in [0.2, 0.25) is 0 Å². The Morgan fingerprint density at radius 1 is 1.21 bits per heavy atom. The summed E-state index contributed by atoms with van der Waals surface area (Å²) in [4.78, 5) is 2.46. The van der Waals surface area contributed by atoms with Crippen LogP contribution in [-0.2, 0) is 0 Å². The van der Waals surface area contributed by atoms with Crippen molar-refractivity contribution in [2.45, 2.75) is 46.6 Å². The first-order valence-electron chi connectivity index (χ1n) is 7.41. The summed E-state index contributed by atoms with van der Waals surface area (Å²) in [5, 5.41) is 3.59. The monoisotopic (exact) mass is 326 g/mol. The number of halogens is 1. The largest absolute Gasteiger partial charge is 0.372 e. The summed E-state index contributed by atoms with van der Waals surface area (Å²) in [6.07, 6.45) is 2.35. The van der Waals surface area contributed by atoms with Crippen LogP contribution in [0, 0.1) is 0 Å². The van der Waals surface area contributed by atoms with Crippen LogP contribution >= 0.6 is 15.9 Å². The molecule has 0 spiro atoms. The molecular formula is C16H27BrN2. The van der Waals surface area contributed by atoms with E-state index in [9.17, 15) is 0 Å². The van der Waals surface area contributed by atoms with Gasteiger partial charge in [-0.15, -0.1) is 0 Å². The van der Waals surface area contributed by atoms with E-state index in [1.54, 1.807) is 0 Å². The van der Waals surface area contributed by atoms with Crippen LogP contribution in [0.5, 0.6) is 0 Å². The molecule has 3 heteroatoms. The molecule has 19 heavy (non-hydrogen) atoms. The molecule has 0 aromatic heterocycles. The summed E-state index contributed by atoms with van der Waals surface area (Å²) in [5.74, 6) is 0. The van der Waals surface area contributed by atoms with Crippen molar-refractivity contribution in [1.82, 2.24) is 5.32 Å². The number of anilines is 1. The fourth-order valence-corrected chi connectivity index (χ4v) is 2.73. The Bertz CT molecular complexity index is 379. The third-order valence-electron chi connectivity index (χ3n) is 3.37. The molecule has 1 unspecified atom stereocenters. The lowest BCUT2D eigenvalue weighted by Gasteiger charge is -2.28. The van der Waals surface area contributed by atoms with E-state index >= 15 is 0 Å². The van der Waals surface area contributed by atoms with E-state index in [2.05, 4.69) is 72.0 Å². The molecule has 1 atom stereocenters. The van der Waals surface area contributed by atoms with Gasteiger partial charge in [-0.2, -0.15) is 0 Å². The van der Waals surface area contributed by atoms with E-state index in [1.165, 1.54) is 24.1 Å². The molecule has 1 aromatic rings. The molecular weight excluding hydrogens is 300 g/mol. The Balaban J connectivity index is 3.02. The van der Waals surface area contributed by atoms with E-state index < -0.39 is 0 Å². The highest BCUT2D eigenvalue weighted by Crippen LogP contribution is 2.29. The highest BCUT2D eigenvalue weighted by molar-refractivity contribution is 9.10. The summed E-state index contributed by atoms with van der Waals surface area (Å²) >= 11 is 3.60. The molecule has 0 heterocycles. The number of nitrogens with zero attached hydrogens (tertiary/aromatic N) is 1. The Morgan fingerprint density at radius 2 is 1.95 bits per heavy atom. The number of hydrogen-bond acceptors (Lipinski definition) is 2. The van der Waals surface area contributed by atoms with Crippen molar-refractivity contribution in [3.05, 3.63) is 28.2 Å². The maximum Gasteiger partial charge on any atom is 0.0415 e. The molecule has 1 N–H and O–H groups in total. The van der Waals surface area contributed by atoms with Crippen LogP contribution in [0.1, 0.15) is 52.1 Å². The summed E-state index contributed by atoms with van der Waals surface area (Å²) in [7, 11) is 0. The van der Waals surface area contributed by atoms with Crippen molar-refractivity contribution < 1.29 is 0 Å².